The van der Waals surface area contributed by atoms with E-state index in [0.717, 1.165) is 53.4 Å². The van der Waals surface area contributed by atoms with Crippen LogP contribution >= 0.6 is 23.1 Å². The van der Waals surface area contributed by atoms with Crippen LogP contribution in [0.1, 0.15) is 17.7 Å². The molecule has 2 unspecified atom stereocenters. The number of carbonyl (C=O) groups excluding carboxylic acids is 2. The molecule has 4 rings (SSSR count). The molecule has 1 aromatic heterocycles. The number of nitro groups is 2. The maximum absolute atomic E-state index is 13.3. The Balaban J connectivity index is 1.72. The molecule has 2 aliphatic heterocycles. The minimum absolute atomic E-state index is 0.0251. The number of fused-ring (bicyclic) bond motifs is 1. The number of nitro benzene ring substituents is 2. The topological polar surface area (TPSA) is 245 Å². The number of nitrogens with zero attached hydrogens (tertiary/aromatic N) is 5. The summed E-state index contributed by atoms with van der Waals surface area (Å²) in [5.74, 6) is -4.14. The van der Waals surface area contributed by atoms with Gasteiger partial charge in [0.25, 0.3) is 17.3 Å². The van der Waals surface area contributed by atoms with Gasteiger partial charge in [-0.1, -0.05) is 17.3 Å². The molecule has 2 saturated heterocycles. The van der Waals surface area contributed by atoms with Crippen LogP contribution in [0, 0.1) is 25.6 Å². The number of aliphatic carboxylic acids is 2. The highest BCUT2D eigenvalue weighted by Crippen LogP contribution is 2.47. The normalized spacial score (nSPS) is 22.0. The second-order valence-corrected chi connectivity index (χ2v) is 10.6. The molecule has 2 aromatic rings. The third kappa shape index (κ3) is 5.99. The fourth-order valence-corrected chi connectivity index (χ4v) is 6.09. The molecule has 0 radical (unpaired) electrons. The van der Waals surface area contributed by atoms with E-state index in [1.54, 1.807) is 0 Å². The summed E-state index contributed by atoms with van der Waals surface area (Å²) < 4.78 is 0. The van der Waals surface area contributed by atoms with Crippen LogP contribution in [0.15, 0.2) is 40.3 Å². The van der Waals surface area contributed by atoms with Crippen LogP contribution in [0.25, 0.3) is 6.08 Å². The molecule has 3 N–H and O–H groups in total. The highest BCUT2D eigenvalue weighted by Gasteiger charge is 2.57. The van der Waals surface area contributed by atoms with E-state index < -0.39 is 74.1 Å². The summed E-state index contributed by atoms with van der Waals surface area (Å²) in [6.07, 6.45) is 2.26. The van der Waals surface area contributed by atoms with Gasteiger partial charge in [0.05, 0.1) is 44.2 Å². The number of nitrogens with one attached hydrogen (secondary N) is 1. The highest BCUT2D eigenvalue weighted by atomic mass is 32.2. The number of non-ortho nitro benzene ring substituents is 1. The van der Waals surface area contributed by atoms with Gasteiger partial charge in [-0.25, -0.2) is 9.78 Å². The van der Waals surface area contributed by atoms with Crippen molar-refractivity contribution in [2.45, 2.75) is 17.2 Å². The van der Waals surface area contributed by atoms with E-state index >= 15 is 0 Å². The quantitative estimate of drug-likeness (QED) is 0.141. The first-order valence-corrected chi connectivity index (χ1v) is 13.2. The third-order valence-corrected chi connectivity index (χ3v) is 8.22. The number of β-lactam (4-membered cyclic amide) rings is 1. The smallest absolute Gasteiger partial charge is 0.344 e. The molecule has 19 heteroatoms. The molecule has 3 atom stereocenters. The molecule has 0 spiro atoms. The van der Waals surface area contributed by atoms with Crippen LogP contribution < -0.4 is 5.32 Å². The summed E-state index contributed by atoms with van der Waals surface area (Å²) in [7, 11) is 0. The average molecular weight is 607 g/mol. The Morgan fingerprint density at radius 3 is 2.61 bits per heavy atom. The predicted octanol–water partition coefficient (Wildman–Crippen LogP) is 1.30. The van der Waals surface area contributed by atoms with Gasteiger partial charge < -0.3 is 25.3 Å². The molecule has 1 aromatic carbocycles. The Hall–Kier alpha value is -4.91. The van der Waals surface area contributed by atoms with Gasteiger partial charge in [-0.3, -0.25) is 34.6 Å². The number of hydrogen-bond acceptors (Lipinski definition) is 13. The molecule has 3 heterocycles. The standard InChI is InChI=1S/C22H18N6O11S2/c29-15-6-16-26(15)9-22(21(33)34,4-3-11-1-2-12(27(35)36)5-14(11)28(37)38)20(41-16)24-19(32)18(13-8-40-10-23-13)25-39-7-17(30)31/h1-5,8,10,16,20H,6-7,9H2,(H,24,32)(H,30,31)(H,33,34)/t16-,20?,22?/m1/s1. The number of rotatable bonds is 11. The van der Waals surface area contributed by atoms with Crippen molar-refractivity contribution in [1.82, 2.24) is 15.2 Å². The lowest BCUT2D eigenvalue weighted by Gasteiger charge is -2.52. The molecule has 41 heavy (non-hydrogen) atoms. The predicted molar refractivity (Wildman–Crippen MR) is 141 cm³/mol. The molecule has 17 nitrogen and oxygen atoms in total. The first-order valence-electron chi connectivity index (χ1n) is 11.3. The van der Waals surface area contributed by atoms with Gasteiger partial charge in [-0.15, -0.1) is 23.1 Å². The number of thiazole rings is 1. The second-order valence-electron chi connectivity index (χ2n) is 8.59. The van der Waals surface area contributed by atoms with Crippen LogP contribution in [0.2, 0.25) is 0 Å². The van der Waals surface area contributed by atoms with Crippen molar-refractivity contribution < 1.29 is 44.1 Å². The van der Waals surface area contributed by atoms with E-state index in [1.807, 2.05) is 0 Å². The van der Waals surface area contributed by atoms with Gasteiger partial charge in [0, 0.05) is 18.0 Å². The number of hydrogen-bond donors (Lipinski definition) is 3. The van der Waals surface area contributed by atoms with Crippen molar-refractivity contribution in [2.75, 3.05) is 13.2 Å². The van der Waals surface area contributed by atoms with Crippen LogP contribution in [0.3, 0.4) is 0 Å². The first-order chi connectivity index (χ1) is 19.4. The Bertz CT molecular complexity index is 1490. The fourth-order valence-electron chi connectivity index (χ4n) is 3.99. The summed E-state index contributed by atoms with van der Waals surface area (Å²) in [4.78, 5) is 80.1. The summed E-state index contributed by atoms with van der Waals surface area (Å²) in [6.45, 7) is -1.27. The molecule has 2 aliphatic rings. The first kappa shape index (κ1) is 29.1. The fraction of sp³-hybridized carbons (Fsp3) is 0.273. The van der Waals surface area contributed by atoms with E-state index in [1.165, 1.54) is 15.8 Å². The monoisotopic (exact) mass is 606 g/mol. The zero-order valence-electron chi connectivity index (χ0n) is 20.4. The largest absolute Gasteiger partial charge is 0.480 e. The number of aromatic nitrogens is 1. The van der Waals surface area contributed by atoms with Crippen LogP contribution in [-0.2, 0) is 24.0 Å². The molecule has 214 valence electrons. The van der Waals surface area contributed by atoms with Crippen molar-refractivity contribution in [3.63, 3.8) is 0 Å². The lowest BCUT2D eigenvalue weighted by Crippen LogP contribution is -2.66. The van der Waals surface area contributed by atoms with Crippen LogP contribution in [0.4, 0.5) is 11.4 Å². The van der Waals surface area contributed by atoms with Crippen molar-refractivity contribution in [3.05, 3.63) is 66.7 Å². The molecule has 0 bridgehead atoms. The Kier molecular flexibility index (Phi) is 8.28. The van der Waals surface area contributed by atoms with Crippen LogP contribution in [0.5, 0.6) is 0 Å². The van der Waals surface area contributed by atoms with E-state index in [-0.39, 0.29) is 23.6 Å². The van der Waals surface area contributed by atoms with Crippen molar-refractivity contribution in [2.24, 2.45) is 10.6 Å². The number of carboxylic acid groups (broad SMARTS) is 2. The third-order valence-electron chi connectivity index (χ3n) is 6.09. The van der Waals surface area contributed by atoms with Crippen molar-refractivity contribution >= 4 is 70.0 Å². The van der Waals surface area contributed by atoms with Gasteiger partial charge in [-0.2, -0.15) is 0 Å². The molecular weight excluding hydrogens is 588 g/mol. The minimum atomic E-state index is -2.03. The maximum atomic E-state index is 13.3. The number of carbonyl (C=O) groups is 4. The highest BCUT2D eigenvalue weighted by molar-refractivity contribution is 8.00. The summed E-state index contributed by atoms with van der Waals surface area (Å²) >= 11 is 2.06. The SMILES string of the molecule is O=C(O)CON=C(C(=O)NC1S[C@@H]2CC(=O)N2CC1(C=Cc1ccc([N+](=O)[O-])cc1[N+](=O)[O-])C(=O)O)c1cscn1. The molecule has 2 amide bonds. The number of amides is 2. The lowest BCUT2D eigenvalue weighted by atomic mass is 9.83. The van der Waals surface area contributed by atoms with Gasteiger partial charge in [0.15, 0.2) is 5.71 Å². The Morgan fingerprint density at radius 2 is 2.02 bits per heavy atom. The number of carboxylic acids is 2. The molecule has 2 fully saturated rings. The van der Waals surface area contributed by atoms with Crippen molar-refractivity contribution in [3.8, 4) is 0 Å². The molecule has 0 saturated carbocycles. The summed E-state index contributed by atoms with van der Waals surface area (Å²) in [6, 6.07) is 2.82. The average Bonchev–Trinajstić information content (AvgIpc) is 3.44. The lowest BCUT2D eigenvalue weighted by molar-refractivity contribution is -0.394. The maximum Gasteiger partial charge on any atom is 0.344 e. The Morgan fingerprint density at radius 1 is 1.27 bits per heavy atom. The summed E-state index contributed by atoms with van der Waals surface area (Å²) in [5.41, 5.74) is -2.42. The number of oxime groups is 1. The zero-order valence-corrected chi connectivity index (χ0v) is 22.1. The van der Waals surface area contributed by atoms with Crippen LogP contribution in [-0.4, -0.2) is 83.3 Å². The van der Waals surface area contributed by atoms with Gasteiger partial charge >= 0.3 is 11.9 Å². The van der Waals surface area contributed by atoms with E-state index in [9.17, 15) is 44.5 Å². The van der Waals surface area contributed by atoms with E-state index in [0.29, 0.717) is 0 Å². The van der Waals surface area contributed by atoms with E-state index in [4.69, 9.17) is 9.94 Å². The Labute approximate surface area is 236 Å². The molecular formula is C22H18N6O11S2. The number of thioether (sulfide) groups is 1. The van der Waals surface area contributed by atoms with Gasteiger partial charge in [-0.05, 0) is 6.07 Å². The van der Waals surface area contributed by atoms with E-state index in [2.05, 4.69) is 15.5 Å². The summed E-state index contributed by atoms with van der Waals surface area (Å²) in [5, 5.41) is 47.7. The zero-order chi connectivity index (χ0) is 29.9. The minimum Gasteiger partial charge on any atom is -0.480 e. The van der Waals surface area contributed by atoms with Crippen molar-refractivity contribution in [1.29, 1.82) is 0 Å². The van der Waals surface area contributed by atoms with Gasteiger partial charge in [0.1, 0.15) is 11.1 Å². The second kappa shape index (κ2) is 11.7. The molecule has 0 aliphatic carbocycles. The van der Waals surface area contributed by atoms with Gasteiger partial charge in [0.2, 0.25) is 12.5 Å². The number of benzene rings is 1.